The number of rotatable bonds is 8. The molecule has 1 aliphatic rings. The number of amides is 1. The molecule has 1 saturated heterocycles. The maximum atomic E-state index is 12.4. The lowest BCUT2D eigenvalue weighted by atomic mass is 9.99. The molecular weight excluding hydrogens is 410 g/mol. The van der Waals surface area contributed by atoms with Gasteiger partial charge in [-0.25, -0.2) is 8.42 Å². The van der Waals surface area contributed by atoms with Gasteiger partial charge >= 0.3 is 0 Å². The monoisotopic (exact) mass is 439 g/mol. The topological polar surface area (TPSA) is 78.5 Å². The third-order valence-corrected chi connectivity index (χ3v) is 6.97. The van der Waals surface area contributed by atoms with Crippen molar-refractivity contribution < 1.29 is 13.2 Å². The summed E-state index contributed by atoms with van der Waals surface area (Å²) in [5, 5.41) is 2.87. The summed E-state index contributed by atoms with van der Waals surface area (Å²) in [6.07, 6.45) is 7.61. The summed E-state index contributed by atoms with van der Waals surface area (Å²) in [6.45, 7) is 5.91. The van der Waals surface area contributed by atoms with Gasteiger partial charge in [-0.2, -0.15) is 4.72 Å². The molecule has 3 rings (SSSR count). The molecule has 2 N–H and O–H groups in total. The van der Waals surface area contributed by atoms with E-state index < -0.39 is 10.0 Å². The minimum Gasteiger partial charge on any atom is -0.348 e. The van der Waals surface area contributed by atoms with Crippen LogP contribution >= 0.6 is 0 Å². The summed E-state index contributed by atoms with van der Waals surface area (Å²) in [5.41, 5.74) is 2.69. The van der Waals surface area contributed by atoms with Crippen LogP contribution in [0.25, 0.3) is 0 Å². The van der Waals surface area contributed by atoms with Gasteiger partial charge in [0, 0.05) is 18.7 Å². The Balaban J connectivity index is 1.50. The van der Waals surface area contributed by atoms with Gasteiger partial charge in [-0.05, 0) is 67.2 Å². The minimum atomic E-state index is -3.67. The van der Waals surface area contributed by atoms with Crippen molar-refractivity contribution in [3.63, 3.8) is 0 Å². The van der Waals surface area contributed by atoms with Gasteiger partial charge < -0.3 is 5.32 Å². The molecule has 164 valence electrons. The van der Waals surface area contributed by atoms with E-state index in [9.17, 15) is 13.2 Å². The Kier molecular flexibility index (Phi) is 7.85. The molecule has 6 nitrogen and oxygen atoms in total. The molecule has 0 radical (unpaired) electrons. The van der Waals surface area contributed by atoms with Crippen molar-refractivity contribution in [1.82, 2.24) is 14.9 Å². The van der Waals surface area contributed by atoms with Crippen LogP contribution in [0.5, 0.6) is 0 Å². The van der Waals surface area contributed by atoms with Crippen molar-refractivity contribution in [2.45, 2.75) is 37.8 Å². The zero-order valence-corrected chi connectivity index (χ0v) is 18.6. The van der Waals surface area contributed by atoms with Crippen molar-refractivity contribution in [1.29, 1.82) is 0 Å². The van der Waals surface area contributed by atoms with E-state index in [1.165, 1.54) is 42.7 Å². The highest BCUT2D eigenvalue weighted by atomic mass is 32.2. The molecule has 1 amide bonds. The van der Waals surface area contributed by atoms with E-state index in [4.69, 9.17) is 6.42 Å². The predicted molar refractivity (Wildman–Crippen MR) is 122 cm³/mol. The van der Waals surface area contributed by atoms with E-state index >= 15 is 0 Å². The zero-order valence-electron chi connectivity index (χ0n) is 17.8. The normalized spacial score (nSPS) is 15.4. The predicted octanol–water partition coefficient (Wildman–Crippen LogP) is 2.76. The van der Waals surface area contributed by atoms with Crippen LogP contribution in [-0.2, 0) is 23.1 Å². The first kappa shape index (κ1) is 23.0. The molecule has 0 aliphatic carbocycles. The number of sulfonamides is 1. The number of nitrogens with zero attached hydrogens (tertiary/aromatic N) is 1. The number of hydrogen-bond acceptors (Lipinski definition) is 4. The Labute approximate surface area is 185 Å². The van der Waals surface area contributed by atoms with Gasteiger partial charge in [0.25, 0.3) is 5.91 Å². The standard InChI is InChI=1S/C24H29N3O3S/c1-3-14-26-31(29,30)23-10-8-22(9-11-23)24(28)25-17-20-4-6-21(7-5-20)18-27-15-12-19(2)13-16-27/h1,4-11,19,26H,12-18H2,2H3,(H,25,28). The van der Waals surface area contributed by atoms with Gasteiger partial charge in [-0.1, -0.05) is 37.1 Å². The fraction of sp³-hybridized carbons (Fsp3) is 0.375. The summed E-state index contributed by atoms with van der Waals surface area (Å²) in [7, 11) is -3.67. The average Bonchev–Trinajstić information content (AvgIpc) is 2.78. The SMILES string of the molecule is C#CCNS(=O)(=O)c1ccc(C(=O)NCc2ccc(CN3CCC(C)CC3)cc2)cc1. The van der Waals surface area contributed by atoms with Crippen LogP contribution in [-0.4, -0.2) is 38.9 Å². The van der Waals surface area contributed by atoms with Crippen molar-refractivity contribution in [2.75, 3.05) is 19.6 Å². The number of terminal acetylenes is 1. The number of likely N-dealkylation sites (tertiary alicyclic amines) is 1. The molecule has 0 saturated carbocycles. The Bertz CT molecular complexity index is 1020. The molecule has 2 aromatic rings. The fourth-order valence-electron chi connectivity index (χ4n) is 3.53. The number of carbonyl (C=O) groups is 1. The third kappa shape index (κ3) is 6.66. The molecule has 2 aromatic carbocycles. The van der Waals surface area contributed by atoms with Gasteiger partial charge in [0.1, 0.15) is 0 Å². The Morgan fingerprint density at radius 3 is 2.29 bits per heavy atom. The quantitative estimate of drug-likeness (QED) is 0.620. The van der Waals surface area contributed by atoms with Gasteiger partial charge in [-0.15, -0.1) is 6.42 Å². The Morgan fingerprint density at radius 1 is 1.06 bits per heavy atom. The van der Waals surface area contributed by atoms with Crippen molar-refractivity contribution >= 4 is 15.9 Å². The molecule has 7 heteroatoms. The largest absolute Gasteiger partial charge is 0.348 e. The molecule has 0 unspecified atom stereocenters. The molecule has 0 atom stereocenters. The van der Waals surface area contributed by atoms with E-state index in [1.807, 2.05) is 12.1 Å². The van der Waals surface area contributed by atoms with E-state index in [1.54, 1.807) is 0 Å². The first-order valence-electron chi connectivity index (χ1n) is 10.5. The molecule has 0 aromatic heterocycles. The fourth-order valence-corrected chi connectivity index (χ4v) is 4.47. The summed E-state index contributed by atoms with van der Waals surface area (Å²) in [6, 6.07) is 14.1. The molecule has 1 aliphatic heterocycles. The molecule has 0 spiro atoms. The highest BCUT2D eigenvalue weighted by molar-refractivity contribution is 7.89. The number of piperidine rings is 1. The molecule has 1 heterocycles. The van der Waals surface area contributed by atoms with Crippen LogP contribution in [0.2, 0.25) is 0 Å². The lowest BCUT2D eigenvalue weighted by Crippen LogP contribution is -2.32. The van der Waals surface area contributed by atoms with Crippen LogP contribution < -0.4 is 10.0 Å². The first-order valence-corrected chi connectivity index (χ1v) is 12.0. The number of hydrogen-bond donors (Lipinski definition) is 2. The highest BCUT2D eigenvalue weighted by Gasteiger charge is 2.16. The smallest absolute Gasteiger partial charge is 0.251 e. The van der Waals surface area contributed by atoms with Crippen molar-refractivity contribution in [2.24, 2.45) is 5.92 Å². The van der Waals surface area contributed by atoms with Crippen LogP contribution in [0.4, 0.5) is 0 Å². The molecule has 1 fully saturated rings. The summed E-state index contributed by atoms with van der Waals surface area (Å²) in [4.78, 5) is 15.0. The Hall–Kier alpha value is -2.66. The maximum absolute atomic E-state index is 12.4. The average molecular weight is 440 g/mol. The lowest BCUT2D eigenvalue weighted by Gasteiger charge is -2.30. The second kappa shape index (κ2) is 10.6. The molecular formula is C24H29N3O3S. The lowest BCUT2D eigenvalue weighted by molar-refractivity contribution is 0.0951. The van der Waals surface area contributed by atoms with Gasteiger partial charge in [-0.3, -0.25) is 9.69 Å². The maximum Gasteiger partial charge on any atom is 0.251 e. The van der Waals surface area contributed by atoms with Crippen LogP contribution in [0, 0.1) is 18.3 Å². The Morgan fingerprint density at radius 2 is 1.68 bits per heavy atom. The number of carbonyl (C=O) groups excluding carboxylic acids is 1. The van der Waals surface area contributed by atoms with Gasteiger partial charge in [0.15, 0.2) is 0 Å². The van der Waals surface area contributed by atoms with E-state index in [-0.39, 0.29) is 17.3 Å². The van der Waals surface area contributed by atoms with Gasteiger partial charge in [0.05, 0.1) is 11.4 Å². The first-order chi connectivity index (χ1) is 14.9. The van der Waals surface area contributed by atoms with E-state index in [0.29, 0.717) is 12.1 Å². The summed E-state index contributed by atoms with van der Waals surface area (Å²) >= 11 is 0. The van der Waals surface area contributed by atoms with Crippen LogP contribution in [0.15, 0.2) is 53.4 Å². The number of nitrogens with one attached hydrogen (secondary N) is 2. The number of benzene rings is 2. The second-order valence-electron chi connectivity index (χ2n) is 8.01. The van der Waals surface area contributed by atoms with Crippen LogP contribution in [0.3, 0.4) is 0 Å². The van der Waals surface area contributed by atoms with E-state index in [2.05, 4.69) is 39.9 Å². The molecule has 0 bridgehead atoms. The van der Waals surface area contributed by atoms with Crippen molar-refractivity contribution in [3.05, 3.63) is 65.2 Å². The minimum absolute atomic E-state index is 0.0676. The van der Waals surface area contributed by atoms with Crippen LogP contribution in [0.1, 0.15) is 41.3 Å². The third-order valence-electron chi connectivity index (χ3n) is 5.55. The summed E-state index contributed by atoms with van der Waals surface area (Å²) < 4.78 is 26.4. The van der Waals surface area contributed by atoms with Gasteiger partial charge in [0.2, 0.25) is 10.0 Å². The van der Waals surface area contributed by atoms with Crippen molar-refractivity contribution in [3.8, 4) is 12.3 Å². The molecule has 31 heavy (non-hydrogen) atoms. The zero-order chi connectivity index (χ0) is 22.3. The summed E-state index contributed by atoms with van der Waals surface area (Å²) in [5.74, 6) is 2.79. The highest BCUT2D eigenvalue weighted by Crippen LogP contribution is 2.18. The second-order valence-corrected chi connectivity index (χ2v) is 9.78. The van der Waals surface area contributed by atoms with E-state index in [0.717, 1.165) is 31.1 Å².